The van der Waals surface area contributed by atoms with Crippen LogP contribution in [0.1, 0.15) is 19.9 Å². The molecule has 0 radical (unpaired) electrons. The molecule has 1 heterocycles. The first-order valence-corrected chi connectivity index (χ1v) is 4.92. The van der Waals surface area contributed by atoms with E-state index in [2.05, 4.69) is 22.5 Å². The molecule has 1 aromatic rings. The van der Waals surface area contributed by atoms with Gasteiger partial charge in [0.05, 0.1) is 6.54 Å². The zero-order valence-electron chi connectivity index (χ0n) is 7.83. The molecule has 0 amide bonds. The smallest absolute Gasteiger partial charge is 0.297 e. The minimum atomic E-state index is 0.00981. The van der Waals surface area contributed by atoms with E-state index in [-0.39, 0.29) is 11.7 Å². The van der Waals surface area contributed by atoms with Gasteiger partial charge in [0.1, 0.15) is 0 Å². The van der Waals surface area contributed by atoms with Gasteiger partial charge in [0, 0.05) is 22.9 Å². The van der Waals surface area contributed by atoms with Crippen LogP contribution in [0.15, 0.2) is 28.2 Å². The Labute approximate surface area is 85.8 Å². The first-order valence-electron chi connectivity index (χ1n) is 4.13. The van der Waals surface area contributed by atoms with Crippen molar-refractivity contribution in [2.75, 3.05) is 0 Å². The van der Waals surface area contributed by atoms with Crippen LogP contribution in [0.3, 0.4) is 0 Å². The number of rotatable bonds is 3. The maximum Gasteiger partial charge on any atom is 0.328 e. The fourth-order valence-corrected chi connectivity index (χ4v) is 1.40. The molecule has 4 heteroatoms. The van der Waals surface area contributed by atoms with Crippen molar-refractivity contribution >= 4 is 15.9 Å². The highest BCUT2D eigenvalue weighted by molar-refractivity contribution is 9.11. The van der Waals surface area contributed by atoms with Gasteiger partial charge in [0.2, 0.25) is 0 Å². The molecule has 0 spiro atoms. The van der Waals surface area contributed by atoms with Gasteiger partial charge in [-0.2, -0.15) is 0 Å². The second-order valence-corrected chi connectivity index (χ2v) is 4.35. The lowest BCUT2D eigenvalue weighted by Gasteiger charge is -2.04. The van der Waals surface area contributed by atoms with E-state index in [1.807, 2.05) is 13.8 Å². The highest BCUT2D eigenvalue weighted by atomic mass is 79.9. The summed E-state index contributed by atoms with van der Waals surface area (Å²) in [6, 6.07) is 0.206. The van der Waals surface area contributed by atoms with Gasteiger partial charge in [0.15, 0.2) is 0 Å². The molecule has 0 unspecified atom stereocenters. The van der Waals surface area contributed by atoms with Crippen LogP contribution in [0.2, 0.25) is 0 Å². The molecule has 0 aliphatic rings. The molecule has 0 N–H and O–H groups in total. The Kier molecular flexibility index (Phi) is 3.14. The predicted molar refractivity (Wildman–Crippen MR) is 57.1 cm³/mol. The molecule has 0 saturated carbocycles. The number of allylic oxidation sites excluding steroid dienone is 1. The van der Waals surface area contributed by atoms with Crippen LogP contribution in [-0.4, -0.2) is 9.13 Å². The van der Waals surface area contributed by atoms with E-state index >= 15 is 0 Å². The van der Waals surface area contributed by atoms with E-state index in [1.165, 1.54) is 0 Å². The molecular formula is C9H13BrN2O. The van der Waals surface area contributed by atoms with E-state index in [4.69, 9.17) is 0 Å². The summed E-state index contributed by atoms with van der Waals surface area (Å²) < 4.78 is 4.11. The van der Waals surface area contributed by atoms with Crippen molar-refractivity contribution in [3.05, 3.63) is 33.9 Å². The minimum absolute atomic E-state index is 0.00981. The van der Waals surface area contributed by atoms with Crippen molar-refractivity contribution in [1.82, 2.24) is 9.13 Å². The molecule has 0 atom stereocenters. The van der Waals surface area contributed by atoms with E-state index in [1.54, 1.807) is 21.5 Å². The van der Waals surface area contributed by atoms with Gasteiger partial charge in [-0.05, 0) is 13.8 Å². The first-order chi connectivity index (χ1) is 6.02. The number of imidazole rings is 1. The van der Waals surface area contributed by atoms with Gasteiger partial charge in [0.25, 0.3) is 0 Å². The van der Waals surface area contributed by atoms with E-state index in [0.29, 0.717) is 6.54 Å². The number of halogens is 1. The third-order valence-corrected chi connectivity index (χ3v) is 2.02. The lowest BCUT2D eigenvalue weighted by molar-refractivity contribution is 0.562. The number of hydrogen-bond donors (Lipinski definition) is 0. The molecule has 0 saturated heterocycles. The van der Waals surface area contributed by atoms with Gasteiger partial charge in [-0.15, -0.1) is 0 Å². The van der Waals surface area contributed by atoms with Crippen molar-refractivity contribution in [3.8, 4) is 0 Å². The Bertz CT molecular complexity index is 362. The molecule has 72 valence electrons. The molecule has 1 rings (SSSR count). The first kappa shape index (κ1) is 10.3. The lowest BCUT2D eigenvalue weighted by atomic mass is 10.4. The van der Waals surface area contributed by atoms with Gasteiger partial charge in [-0.1, -0.05) is 22.5 Å². The molecule has 13 heavy (non-hydrogen) atoms. The number of nitrogens with zero attached hydrogens (tertiary/aromatic N) is 2. The van der Waals surface area contributed by atoms with Gasteiger partial charge in [-0.25, -0.2) is 4.79 Å². The Morgan fingerprint density at radius 2 is 2.23 bits per heavy atom. The molecular weight excluding hydrogens is 232 g/mol. The van der Waals surface area contributed by atoms with Crippen LogP contribution in [0.5, 0.6) is 0 Å². The minimum Gasteiger partial charge on any atom is -0.297 e. The average molecular weight is 245 g/mol. The van der Waals surface area contributed by atoms with Crippen LogP contribution in [0.25, 0.3) is 0 Å². The number of hydrogen-bond acceptors (Lipinski definition) is 1. The Morgan fingerprint density at radius 3 is 2.62 bits per heavy atom. The second kappa shape index (κ2) is 3.96. The molecule has 1 aromatic heterocycles. The highest BCUT2D eigenvalue weighted by Gasteiger charge is 2.05. The monoisotopic (exact) mass is 244 g/mol. The molecule has 0 aromatic carbocycles. The van der Waals surface area contributed by atoms with Crippen LogP contribution < -0.4 is 5.69 Å². The predicted octanol–water partition coefficient (Wildman–Crippen LogP) is 2.14. The summed E-state index contributed by atoms with van der Waals surface area (Å²) in [4.78, 5) is 11.6. The summed E-state index contributed by atoms with van der Waals surface area (Å²) >= 11 is 3.23. The zero-order chi connectivity index (χ0) is 10.0. The molecule has 0 aliphatic carbocycles. The van der Waals surface area contributed by atoms with Crippen molar-refractivity contribution < 1.29 is 0 Å². The van der Waals surface area contributed by atoms with Gasteiger partial charge >= 0.3 is 5.69 Å². The summed E-state index contributed by atoms with van der Waals surface area (Å²) in [6.45, 7) is 8.18. The van der Waals surface area contributed by atoms with Gasteiger partial charge in [-0.3, -0.25) is 9.13 Å². The van der Waals surface area contributed by atoms with Crippen molar-refractivity contribution in [2.24, 2.45) is 0 Å². The second-order valence-electron chi connectivity index (χ2n) is 3.23. The lowest BCUT2D eigenvalue weighted by Crippen LogP contribution is -2.25. The number of aromatic nitrogens is 2. The maximum atomic E-state index is 11.6. The van der Waals surface area contributed by atoms with E-state index in [9.17, 15) is 4.79 Å². The maximum absolute atomic E-state index is 11.6. The van der Waals surface area contributed by atoms with Crippen molar-refractivity contribution in [3.63, 3.8) is 0 Å². The SMILES string of the molecule is C=C(Br)Cn1ccn(C(C)C)c1=O. The summed E-state index contributed by atoms with van der Waals surface area (Å²) in [5.74, 6) is 0. The van der Waals surface area contributed by atoms with Crippen LogP contribution >= 0.6 is 15.9 Å². The Morgan fingerprint density at radius 1 is 1.62 bits per heavy atom. The van der Waals surface area contributed by atoms with Crippen LogP contribution in [0, 0.1) is 0 Å². The topological polar surface area (TPSA) is 26.9 Å². The largest absolute Gasteiger partial charge is 0.328 e. The van der Waals surface area contributed by atoms with E-state index in [0.717, 1.165) is 4.48 Å². The quantitative estimate of drug-likeness (QED) is 0.801. The zero-order valence-corrected chi connectivity index (χ0v) is 9.41. The summed E-state index contributed by atoms with van der Waals surface area (Å²) in [5, 5.41) is 0. The summed E-state index contributed by atoms with van der Waals surface area (Å²) in [5.41, 5.74) is 0.00981. The normalized spacial score (nSPS) is 10.8. The summed E-state index contributed by atoms with van der Waals surface area (Å²) in [6.07, 6.45) is 3.57. The van der Waals surface area contributed by atoms with Crippen molar-refractivity contribution in [2.45, 2.75) is 26.4 Å². The third-order valence-electron chi connectivity index (χ3n) is 1.77. The Hall–Kier alpha value is -0.770. The third kappa shape index (κ3) is 2.34. The molecule has 3 nitrogen and oxygen atoms in total. The van der Waals surface area contributed by atoms with Crippen LogP contribution in [-0.2, 0) is 6.54 Å². The molecule has 0 bridgehead atoms. The standard InChI is InChI=1S/C9H13BrN2O/c1-7(2)12-5-4-11(9(12)13)6-8(3)10/h4-5,7H,3,6H2,1-2H3. The van der Waals surface area contributed by atoms with E-state index < -0.39 is 0 Å². The Balaban J connectivity index is 3.00. The fourth-order valence-electron chi connectivity index (χ4n) is 1.13. The fraction of sp³-hybridized carbons (Fsp3) is 0.444. The average Bonchev–Trinajstić information content (AvgIpc) is 2.32. The highest BCUT2D eigenvalue weighted by Crippen LogP contribution is 2.04. The van der Waals surface area contributed by atoms with Gasteiger partial charge < -0.3 is 0 Å². The van der Waals surface area contributed by atoms with Crippen molar-refractivity contribution in [1.29, 1.82) is 0 Å². The molecule has 0 aliphatic heterocycles. The molecule has 0 fully saturated rings. The summed E-state index contributed by atoms with van der Waals surface area (Å²) in [7, 11) is 0. The van der Waals surface area contributed by atoms with Crippen LogP contribution in [0.4, 0.5) is 0 Å².